The van der Waals surface area contributed by atoms with Gasteiger partial charge in [-0.15, -0.1) is 0 Å². The van der Waals surface area contributed by atoms with Crippen LogP contribution in [0.1, 0.15) is 41.0 Å². The molecule has 0 aliphatic carbocycles. The molecule has 1 amide bonds. The Morgan fingerprint density at radius 2 is 1.56 bits per heavy atom. The van der Waals surface area contributed by atoms with Crippen molar-refractivity contribution in [3.63, 3.8) is 0 Å². The second-order valence-electron chi connectivity index (χ2n) is 7.41. The van der Waals surface area contributed by atoms with Crippen LogP contribution in [0.3, 0.4) is 0 Å². The number of rotatable bonds is 9. The van der Waals surface area contributed by atoms with Crippen LogP contribution in [0.25, 0.3) is 0 Å². The molecule has 34 heavy (non-hydrogen) atoms. The second kappa shape index (κ2) is 12.5. The van der Waals surface area contributed by atoms with Gasteiger partial charge in [-0.2, -0.15) is 0 Å². The molecule has 1 fully saturated rings. The number of alkyl halides is 1. The lowest BCUT2D eigenvalue weighted by Gasteiger charge is -2.46. The van der Waals surface area contributed by atoms with Crippen molar-refractivity contribution >= 4 is 47.4 Å². The molecule has 0 radical (unpaired) electrons. The highest BCUT2D eigenvalue weighted by molar-refractivity contribution is 6.32. The fraction of sp³-hybridized carbons (Fsp3) is 0.700. The lowest BCUT2D eigenvalue weighted by atomic mass is 9.89. The molecule has 1 saturated heterocycles. The normalized spacial score (nSPS) is 25.7. The van der Waals surface area contributed by atoms with Gasteiger partial charge < -0.3 is 33.7 Å². The summed E-state index contributed by atoms with van der Waals surface area (Å²) in [5.41, 5.74) is 0. The van der Waals surface area contributed by atoms with Crippen molar-refractivity contribution in [2.24, 2.45) is 0 Å². The highest BCUT2D eigenvalue weighted by atomic mass is 35.5. The molecule has 6 atom stereocenters. The van der Waals surface area contributed by atoms with Crippen molar-refractivity contribution in [2.75, 3.05) is 13.7 Å². The summed E-state index contributed by atoms with van der Waals surface area (Å²) >= 11 is 6.38. The van der Waals surface area contributed by atoms with E-state index in [-0.39, 0.29) is 0 Å². The van der Waals surface area contributed by atoms with Crippen LogP contribution in [0, 0.1) is 0 Å². The van der Waals surface area contributed by atoms with E-state index in [9.17, 15) is 28.8 Å². The third-order valence-corrected chi connectivity index (χ3v) is 4.88. The van der Waals surface area contributed by atoms with Gasteiger partial charge in [0.2, 0.25) is 11.0 Å². The summed E-state index contributed by atoms with van der Waals surface area (Å²) in [4.78, 5) is 71.2. The summed E-state index contributed by atoms with van der Waals surface area (Å²) in [7, 11) is 1.04. The smallest absolute Gasteiger partial charge is 0.354 e. The minimum atomic E-state index is -2.24. The van der Waals surface area contributed by atoms with Crippen LogP contribution >= 0.6 is 11.6 Å². The van der Waals surface area contributed by atoms with Gasteiger partial charge in [0.15, 0.2) is 12.2 Å². The molecular formula is C20H28ClNO12. The molecule has 1 heterocycles. The van der Waals surface area contributed by atoms with E-state index in [1.54, 1.807) is 0 Å². The second-order valence-corrected chi connectivity index (χ2v) is 8.02. The van der Waals surface area contributed by atoms with Crippen molar-refractivity contribution in [2.45, 2.75) is 76.6 Å². The van der Waals surface area contributed by atoms with Crippen molar-refractivity contribution in [3.8, 4) is 0 Å². The molecule has 1 rings (SSSR count). The van der Waals surface area contributed by atoms with E-state index >= 15 is 0 Å². The summed E-state index contributed by atoms with van der Waals surface area (Å²) in [5, 5.41) is 0.276. The maximum atomic E-state index is 12.4. The van der Waals surface area contributed by atoms with Crippen molar-refractivity contribution in [1.29, 1.82) is 0 Å². The number of esters is 5. The molecule has 1 aliphatic rings. The number of carbonyl (C=O) groups excluding carboxylic acids is 6. The molecule has 0 spiro atoms. The number of ether oxygens (including phenoxy) is 6. The van der Waals surface area contributed by atoms with Crippen molar-refractivity contribution in [3.05, 3.63) is 0 Å². The number of amides is 1. The van der Waals surface area contributed by atoms with Gasteiger partial charge in [0, 0.05) is 41.0 Å². The van der Waals surface area contributed by atoms with Gasteiger partial charge in [-0.25, -0.2) is 4.79 Å². The average molecular weight is 510 g/mol. The van der Waals surface area contributed by atoms with E-state index in [4.69, 9.17) is 35.3 Å². The Bertz CT molecular complexity index is 817. The van der Waals surface area contributed by atoms with Gasteiger partial charge in [0.05, 0.1) is 13.2 Å². The van der Waals surface area contributed by atoms with E-state index in [0.29, 0.717) is 0 Å². The minimum absolute atomic E-state index is 0.447. The molecule has 1 aliphatic heterocycles. The standard InChI is InChI=1S/C20H28ClNO12/c1-9(23)22-16-14(31-11(3)25)7-20(21,19(28)29-6)34-18(16)17(33-13(5)27)15(32-12(4)26)8-30-10(2)24/h14-18H,7-8H2,1-6H3,(H,22,23)/t14-,15+,16+,17+,18-,20?/m0/s1. The molecule has 0 saturated carbocycles. The predicted molar refractivity (Wildman–Crippen MR) is 111 cm³/mol. The summed E-state index contributed by atoms with van der Waals surface area (Å²) in [6.45, 7) is 4.87. The Hall–Kier alpha value is -2.93. The predicted octanol–water partition coefficient (Wildman–Crippen LogP) is -0.254. The van der Waals surface area contributed by atoms with Crippen LogP contribution in [0.2, 0.25) is 0 Å². The van der Waals surface area contributed by atoms with Crippen molar-refractivity contribution < 1.29 is 57.2 Å². The Kier molecular flexibility index (Phi) is 10.7. The zero-order valence-corrected chi connectivity index (χ0v) is 20.3. The molecule has 0 aromatic heterocycles. The molecule has 0 aromatic carbocycles. The van der Waals surface area contributed by atoms with Crippen LogP contribution in [-0.4, -0.2) is 85.0 Å². The molecule has 14 heteroatoms. The van der Waals surface area contributed by atoms with Crippen LogP contribution in [0.5, 0.6) is 0 Å². The van der Waals surface area contributed by atoms with Gasteiger partial charge in [-0.3, -0.25) is 24.0 Å². The van der Waals surface area contributed by atoms with Gasteiger partial charge in [-0.1, -0.05) is 11.6 Å². The largest absolute Gasteiger partial charge is 0.466 e. The first-order valence-electron chi connectivity index (χ1n) is 10.1. The molecule has 1 unspecified atom stereocenters. The van der Waals surface area contributed by atoms with Crippen LogP contribution < -0.4 is 5.32 Å². The zero-order valence-electron chi connectivity index (χ0n) is 19.6. The van der Waals surface area contributed by atoms with Crippen molar-refractivity contribution in [1.82, 2.24) is 5.32 Å². The number of hydrogen-bond acceptors (Lipinski definition) is 12. The Morgan fingerprint density at radius 3 is 2.00 bits per heavy atom. The van der Waals surface area contributed by atoms with E-state index in [0.717, 1.165) is 41.7 Å². The Balaban J connectivity index is 3.64. The van der Waals surface area contributed by atoms with E-state index in [1.807, 2.05) is 0 Å². The topological polar surface area (TPSA) is 170 Å². The van der Waals surface area contributed by atoms with Crippen LogP contribution in [-0.2, 0) is 57.2 Å². The maximum Gasteiger partial charge on any atom is 0.354 e. The lowest BCUT2D eigenvalue weighted by molar-refractivity contribution is -0.225. The monoisotopic (exact) mass is 509 g/mol. The number of halogens is 1. The fourth-order valence-electron chi connectivity index (χ4n) is 3.38. The molecule has 0 bridgehead atoms. The molecule has 192 valence electrons. The first-order chi connectivity index (χ1) is 15.7. The maximum absolute atomic E-state index is 12.4. The van der Waals surface area contributed by atoms with Crippen LogP contribution in [0.15, 0.2) is 0 Å². The number of nitrogens with one attached hydrogen (secondary N) is 1. The van der Waals surface area contributed by atoms with E-state index in [1.165, 1.54) is 0 Å². The first kappa shape index (κ1) is 29.1. The van der Waals surface area contributed by atoms with Gasteiger partial charge in [0.25, 0.3) is 0 Å². The first-order valence-corrected chi connectivity index (χ1v) is 10.4. The number of methoxy groups -OCH3 is 1. The molecule has 13 nitrogen and oxygen atoms in total. The lowest BCUT2D eigenvalue weighted by Crippen LogP contribution is -2.67. The molecule has 1 N–H and O–H groups in total. The molecule has 0 aromatic rings. The van der Waals surface area contributed by atoms with Gasteiger partial charge >= 0.3 is 29.8 Å². The quantitative estimate of drug-likeness (QED) is 0.246. The summed E-state index contributed by atoms with van der Waals surface area (Å²) in [6.07, 6.45) is -6.29. The highest BCUT2D eigenvalue weighted by Gasteiger charge is 2.57. The highest BCUT2D eigenvalue weighted by Crippen LogP contribution is 2.38. The Labute approximate surface area is 200 Å². The van der Waals surface area contributed by atoms with Gasteiger partial charge in [-0.05, 0) is 0 Å². The van der Waals surface area contributed by atoms with E-state index in [2.05, 4.69) is 10.1 Å². The third-order valence-electron chi connectivity index (χ3n) is 4.48. The zero-order chi connectivity index (χ0) is 26.2. The molecular weight excluding hydrogens is 482 g/mol. The third kappa shape index (κ3) is 8.45. The Morgan fingerprint density at radius 1 is 0.971 bits per heavy atom. The number of hydrogen-bond donors (Lipinski definition) is 1. The summed E-state index contributed by atoms with van der Waals surface area (Å²) in [5.74, 6) is -4.87. The fourth-order valence-corrected chi connectivity index (χ4v) is 3.71. The van der Waals surface area contributed by atoms with Crippen LogP contribution in [0.4, 0.5) is 0 Å². The van der Waals surface area contributed by atoms with E-state index < -0.39 is 84.3 Å². The summed E-state index contributed by atoms with van der Waals surface area (Å²) < 4.78 is 31.2. The SMILES string of the molecule is COC(=O)C1(Cl)C[C@H](OC(C)=O)[C@@H](NC(C)=O)[C@@H]([C@H](OC(C)=O)[C@@H](COC(C)=O)OC(C)=O)O1. The minimum Gasteiger partial charge on any atom is -0.466 e. The average Bonchev–Trinajstić information content (AvgIpc) is 2.69. The number of carbonyl (C=O) groups is 6. The van der Waals surface area contributed by atoms with Gasteiger partial charge in [0.1, 0.15) is 18.8 Å². The summed E-state index contributed by atoms with van der Waals surface area (Å²) in [6, 6.07) is -1.24.